The van der Waals surface area contributed by atoms with Crippen molar-refractivity contribution in [3.63, 3.8) is 0 Å². The zero-order valence-electron chi connectivity index (χ0n) is 6.01. The highest BCUT2D eigenvalue weighted by Crippen LogP contribution is 2.25. The van der Waals surface area contributed by atoms with Gasteiger partial charge in [0.1, 0.15) is 12.2 Å². The van der Waals surface area contributed by atoms with Crippen LogP contribution in [0.5, 0.6) is 0 Å². The summed E-state index contributed by atoms with van der Waals surface area (Å²) >= 11 is 6.58. The number of aliphatic hydroxyl groups is 3. The molecular weight excluding hydrogens is 202 g/mol. The van der Waals surface area contributed by atoms with Crippen molar-refractivity contribution in [2.45, 2.75) is 12.2 Å². The molecule has 2 unspecified atom stereocenters. The predicted molar refractivity (Wildman–Crippen MR) is 45.2 cm³/mol. The number of aromatic nitrogens is 1. The maximum Gasteiger partial charge on any atom is 0.183 e. The van der Waals surface area contributed by atoms with E-state index in [0.717, 1.165) is 11.3 Å². The fourth-order valence-electron chi connectivity index (χ4n) is 0.691. The second-order valence-corrected chi connectivity index (χ2v) is 3.85. The van der Waals surface area contributed by atoms with Crippen molar-refractivity contribution in [1.82, 2.24) is 4.98 Å². The van der Waals surface area contributed by atoms with E-state index < -0.39 is 18.8 Å². The number of aliphatic hydroxyl groups excluding tert-OH is 3. The SMILES string of the molecule is OCC(O)C(O)c1cnc(Cl)s1. The molecule has 6 heteroatoms. The van der Waals surface area contributed by atoms with Gasteiger partial charge in [-0.3, -0.25) is 0 Å². The van der Waals surface area contributed by atoms with Crippen LogP contribution in [0, 0.1) is 0 Å². The van der Waals surface area contributed by atoms with Gasteiger partial charge in [0.15, 0.2) is 4.47 Å². The average Bonchev–Trinajstić information content (AvgIpc) is 2.49. The van der Waals surface area contributed by atoms with Gasteiger partial charge in [0.05, 0.1) is 11.5 Å². The summed E-state index contributed by atoms with van der Waals surface area (Å²) < 4.78 is 0.300. The summed E-state index contributed by atoms with van der Waals surface area (Å²) in [5.41, 5.74) is 0. The van der Waals surface area contributed by atoms with Crippen LogP contribution in [0.2, 0.25) is 4.47 Å². The monoisotopic (exact) mass is 209 g/mol. The van der Waals surface area contributed by atoms with E-state index in [1.54, 1.807) is 0 Å². The molecule has 1 rings (SSSR count). The molecule has 0 amide bonds. The molecule has 0 aliphatic carbocycles. The summed E-state index contributed by atoms with van der Waals surface area (Å²) in [5, 5.41) is 26.8. The van der Waals surface area contributed by atoms with Crippen molar-refractivity contribution >= 4 is 22.9 Å². The maximum absolute atomic E-state index is 9.30. The van der Waals surface area contributed by atoms with Crippen molar-refractivity contribution in [3.05, 3.63) is 15.5 Å². The first-order chi connectivity index (χ1) is 5.65. The first-order valence-corrected chi connectivity index (χ1v) is 4.43. The summed E-state index contributed by atoms with van der Waals surface area (Å²) in [6, 6.07) is 0. The van der Waals surface area contributed by atoms with E-state index >= 15 is 0 Å². The highest BCUT2D eigenvalue weighted by atomic mass is 35.5. The minimum Gasteiger partial charge on any atom is -0.394 e. The van der Waals surface area contributed by atoms with Gasteiger partial charge in [-0.2, -0.15) is 0 Å². The normalized spacial score (nSPS) is 16.0. The van der Waals surface area contributed by atoms with Gasteiger partial charge in [-0.05, 0) is 0 Å². The Kier molecular flexibility index (Phi) is 3.42. The molecule has 1 aromatic rings. The van der Waals surface area contributed by atoms with Crippen LogP contribution in [0.3, 0.4) is 0 Å². The van der Waals surface area contributed by atoms with Crippen LogP contribution >= 0.6 is 22.9 Å². The van der Waals surface area contributed by atoms with Gasteiger partial charge >= 0.3 is 0 Å². The smallest absolute Gasteiger partial charge is 0.183 e. The van der Waals surface area contributed by atoms with Crippen LogP contribution in [0.1, 0.15) is 11.0 Å². The number of thiazole rings is 1. The lowest BCUT2D eigenvalue weighted by Gasteiger charge is -2.12. The summed E-state index contributed by atoms with van der Waals surface area (Å²) in [7, 11) is 0. The Bertz CT molecular complexity index is 255. The third-order valence-electron chi connectivity index (χ3n) is 1.34. The second-order valence-electron chi connectivity index (χ2n) is 2.21. The minimum atomic E-state index is -1.18. The van der Waals surface area contributed by atoms with Crippen LogP contribution in [0.25, 0.3) is 0 Å². The van der Waals surface area contributed by atoms with E-state index in [9.17, 15) is 5.11 Å². The van der Waals surface area contributed by atoms with Crippen LogP contribution in [-0.4, -0.2) is 33.0 Å². The van der Waals surface area contributed by atoms with Gasteiger partial charge in [-0.1, -0.05) is 11.6 Å². The number of hydrogen-bond donors (Lipinski definition) is 3. The largest absolute Gasteiger partial charge is 0.394 e. The molecule has 0 bridgehead atoms. The Morgan fingerprint density at radius 1 is 1.58 bits per heavy atom. The van der Waals surface area contributed by atoms with Gasteiger partial charge < -0.3 is 15.3 Å². The van der Waals surface area contributed by atoms with E-state index in [1.165, 1.54) is 6.20 Å². The van der Waals surface area contributed by atoms with E-state index in [2.05, 4.69) is 4.98 Å². The molecule has 1 heterocycles. The third-order valence-corrected chi connectivity index (χ3v) is 2.52. The van der Waals surface area contributed by atoms with Crippen molar-refractivity contribution in [2.75, 3.05) is 6.61 Å². The molecule has 2 atom stereocenters. The molecule has 68 valence electrons. The number of nitrogens with zero attached hydrogens (tertiary/aromatic N) is 1. The van der Waals surface area contributed by atoms with Gasteiger partial charge in [0.25, 0.3) is 0 Å². The zero-order valence-corrected chi connectivity index (χ0v) is 7.59. The first kappa shape index (κ1) is 9.88. The lowest BCUT2D eigenvalue weighted by atomic mass is 10.2. The highest BCUT2D eigenvalue weighted by molar-refractivity contribution is 7.15. The van der Waals surface area contributed by atoms with Gasteiger partial charge in [0.2, 0.25) is 0 Å². The molecule has 0 aromatic carbocycles. The third kappa shape index (κ3) is 2.15. The summed E-state index contributed by atoms with van der Waals surface area (Å²) in [5.74, 6) is 0. The average molecular weight is 210 g/mol. The van der Waals surface area contributed by atoms with Gasteiger partial charge in [-0.25, -0.2) is 4.98 Å². The molecule has 0 saturated heterocycles. The van der Waals surface area contributed by atoms with Gasteiger partial charge in [-0.15, -0.1) is 11.3 Å². The van der Waals surface area contributed by atoms with E-state index in [0.29, 0.717) is 9.34 Å². The molecule has 0 fully saturated rings. The van der Waals surface area contributed by atoms with E-state index in [4.69, 9.17) is 21.8 Å². The molecule has 4 nitrogen and oxygen atoms in total. The Labute approximate surface area is 78.1 Å². The van der Waals surface area contributed by atoms with Crippen molar-refractivity contribution in [1.29, 1.82) is 0 Å². The predicted octanol–water partition coefficient (Wildman–Crippen LogP) is 0.183. The second kappa shape index (κ2) is 4.15. The first-order valence-electron chi connectivity index (χ1n) is 3.23. The lowest BCUT2D eigenvalue weighted by molar-refractivity contribution is -0.0136. The Morgan fingerprint density at radius 2 is 2.25 bits per heavy atom. The fourth-order valence-corrected chi connectivity index (χ4v) is 1.69. The lowest BCUT2D eigenvalue weighted by Crippen LogP contribution is -2.21. The molecule has 0 saturated carbocycles. The van der Waals surface area contributed by atoms with Gasteiger partial charge in [0, 0.05) is 6.20 Å². The number of halogens is 1. The van der Waals surface area contributed by atoms with Crippen LogP contribution in [-0.2, 0) is 0 Å². The van der Waals surface area contributed by atoms with E-state index in [1.807, 2.05) is 0 Å². The molecule has 0 spiro atoms. The van der Waals surface area contributed by atoms with Crippen molar-refractivity contribution < 1.29 is 15.3 Å². The highest BCUT2D eigenvalue weighted by Gasteiger charge is 2.19. The fraction of sp³-hybridized carbons (Fsp3) is 0.500. The van der Waals surface area contributed by atoms with Crippen LogP contribution in [0.4, 0.5) is 0 Å². The zero-order chi connectivity index (χ0) is 9.14. The van der Waals surface area contributed by atoms with Crippen LogP contribution in [0.15, 0.2) is 6.20 Å². The number of rotatable bonds is 3. The molecule has 0 aliphatic rings. The van der Waals surface area contributed by atoms with E-state index in [-0.39, 0.29) is 0 Å². The standard InChI is InChI=1S/C6H8ClNO3S/c7-6-8-1-4(12-6)5(11)3(10)2-9/h1,3,5,9-11H,2H2. The summed E-state index contributed by atoms with van der Waals surface area (Å²) in [6.45, 7) is -0.489. The topological polar surface area (TPSA) is 73.6 Å². The Morgan fingerprint density at radius 3 is 2.67 bits per heavy atom. The molecule has 1 aromatic heterocycles. The summed E-state index contributed by atoms with van der Waals surface area (Å²) in [4.78, 5) is 4.13. The quantitative estimate of drug-likeness (QED) is 0.664. The van der Waals surface area contributed by atoms with Crippen molar-refractivity contribution in [3.8, 4) is 0 Å². The molecule has 12 heavy (non-hydrogen) atoms. The maximum atomic E-state index is 9.30. The Hall–Kier alpha value is -0.200. The van der Waals surface area contributed by atoms with Crippen LogP contribution < -0.4 is 0 Å². The van der Waals surface area contributed by atoms with Crippen molar-refractivity contribution in [2.24, 2.45) is 0 Å². The number of hydrogen-bond acceptors (Lipinski definition) is 5. The Balaban J connectivity index is 2.70. The molecular formula is C6H8ClNO3S. The minimum absolute atomic E-state index is 0.300. The molecule has 0 radical (unpaired) electrons. The molecule has 0 aliphatic heterocycles. The molecule has 3 N–H and O–H groups in total. The summed E-state index contributed by atoms with van der Waals surface area (Å²) in [6.07, 6.45) is -0.919.